The second kappa shape index (κ2) is 8.59. The van der Waals surface area contributed by atoms with Gasteiger partial charge in [-0.1, -0.05) is 11.6 Å². The molecule has 1 aromatic heterocycles. The highest BCUT2D eigenvalue weighted by atomic mass is 35.5. The fraction of sp³-hybridized carbons (Fsp3) is 0.375. The second-order valence-electron chi connectivity index (χ2n) is 6.08. The Morgan fingerprint density at radius 1 is 1.28 bits per heavy atom. The molecule has 1 unspecified atom stereocenters. The van der Waals surface area contributed by atoms with Gasteiger partial charge < -0.3 is 15.5 Å². The van der Waals surface area contributed by atoms with E-state index in [-0.39, 0.29) is 30.9 Å². The molecule has 0 bridgehead atoms. The van der Waals surface area contributed by atoms with Crippen LogP contribution in [0.25, 0.3) is 5.69 Å². The third kappa shape index (κ3) is 5.84. The normalized spacial score (nSPS) is 12.0. The molecule has 9 heteroatoms. The van der Waals surface area contributed by atoms with E-state index in [1.54, 1.807) is 29.9 Å². The average Bonchev–Trinajstić information content (AvgIpc) is 2.99. The maximum absolute atomic E-state index is 12.3. The van der Waals surface area contributed by atoms with Crippen molar-refractivity contribution in [2.24, 2.45) is 0 Å². The van der Waals surface area contributed by atoms with Gasteiger partial charge in [0.2, 0.25) is 0 Å². The van der Waals surface area contributed by atoms with E-state index >= 15 is 0 Å². The Kier molecular flexibility index (Phi) is 6.49. The fourth-order valence-electron chi connectivity index (χ4n) is 2.32. The largest absolute Gasteiger partial charge is 0.349 e. The topological polar surface area (TPSA) is 93.3 Å². The Morgan fingerprint density at radius 3 is 2.64 bits per heavy atom. The van der Waals surface area contributed by atoms with Crippen molar-refractivity contribution in [1.29, 1.82) is 0 Å². The molecule has 0 fully saturated rings. The molecule has 1 aromatic carbocycles. The van der Waals surface area contributed by atoms with Crippen molar-refractivity contribution < 1.29 is 14.5 Å². The summed E-state index contributed by atoms with van der Waals surface area (Å²) in [5.74, 6) is -0.315. The summed E-state index contributed by atoms with van der Waals surface area (Å²) in [5, 5.41) is 10.2. The average molecular weight is 366 g/mol. The monoisotopic (exact) mass is 365 g/mol. The minimum atomic E-state index is -0.224. The van der Waals surface area contributed by atoms with Crippen LogP contribution in [-0.4, -0.2) is 52.8 Å². The standard InChI is InChI=1S/C16H21ClN6O2/c1-11(2)20-15(24)7-22(3)8-16(25)21-13-6-12(17)4-5-14(13)23-10-18-9-19-23/h4-6,9-11H,7-8H2,1-3H3,(H,20,24)(H,21,25)/p+1. The van der Waals surface area contributed by atoms with Gasteiger partial charge in [0.25, 0.3) is 11.8 Å². The lowest BCUT2D eigenvalue weighted by Gasteiger charge is -2.16. The molecule has 1 heterocycles. The van der Waals surface area contributed by atoms with E-state index in [9.17, 15) is 9.59 Å². The summed E-state index contributed by atoms with van der Waals surface area (Å²) in [6, 6.07) is 5.18. The van der Waals surface area contributed by atoms with Gasteiger partial charge in [0, 0.05) is 11.1 Å². The molecule has 0 spiro atoms. The molecule has 0 aliphatic rings. The van der Waals surface area contributed by atoms with Crippen LogP contribution in [0.3, 0.4) is 0 Å². The van der Waals surface area contributed by atoms with Crippen molar-refractivity contribution in [1.82, 2.24) is 20.1 Å². The quantitative estimate of drug-likeness (QED) is 0.638. The Morgan fingerprint density at radius 2 is 2.00 bits per heavy atom. The maximum Gasteiger partial charge on any atom is 0.279 e. The number of aromatic nitrogens is 3. The smallest absolute Gasteiger partial charge is 0.279 e. The summed E-state index contributed by atoms with van der Waals surface area (Å²) >= 11 is 6.03. The third-order valence-electron chi connectivity index (χ3n) is 3.27. The lowest BCUT2D eigenvalue weighted by Crippen LogP contribution is -3.11. The van der Waals surface area contributed by atoms with Gasteiger partial charge in [-0.3, -0.25) is 9.59 Å². The number of anilines is 1. The van der Waals surface area contributed by atoms with Crippen LogP contribution >= 0.6 is 11.6 Å². The number of amides is 2. The maximum atomic E-state index is 12.3. The van der Waals surface area contributed by atoms with Gasteiger partial charge in [-0.15, -0.1) is 0 Å². The molecule has 0 radical (unpaired) electrons. The zero-order valence-electron chi connectivity index (χ0n) is 14.4. The first-order chi connectivity index (χ1) is 11.8. The van der Waals surface area contributed by atoms with Gasteiger partial charge in [-0.2, -0.15) is 5.10 Å². The molecule has 0 saturated heterocycles. The van der Waals surface area contributed by atoms with E-state index < -0.39 is 0 Å². The van der Waals surface area contributed by atoms with E-state index in [4.69, 9.17) is 11.6 Å². The number of halogens is 1. The van der Waals surface area contributed by atoms with Crippen LogP contribution in [0.2, 0.25) is 5.02 Å². The van der Waals surface area contributed by atoms with Gasteiger partial charge in [0.15, 0.2) is 13.1 Å². The summed E-state index contributed by atoms with van der Waals surface area (Å²) in [6.45, 7) is 4.15. The van der Waals surface area contributed by atoms with E-state index in [1.165, 1.54) is 12.7 Å². The number of hydrogen-bond donors (Lipinski definition) is 3. The van der Waals surface area contributed by atoms with Crippen LogP contribution in [-0.2, 0) is 9.59 Å². The number of benzene rings is 1. The number of nitrogens with zero attached hydrogens (tertiary/aromatic N) is 3. The molecule has 2 aromatic rings. The second-order valence-corrected chi connectivity index (χ2v) is 6.52. The fourth-order valence-corrected chi connectivity index (χ4v) is 2.49. The lowest BCUT2D eigenvalue weighted by atomic mass is 10.2. The van der Waals surface area contributed by atoms with Crippen molar-refractivity contribution in [2.45, 2.75) is 19.9 Å². The highest BCUT2D eigenvalue weighted by Gasteiger charge is 2.16. The summed E-state index contributed by atoms with van der Waals surface area (Å²) < 4.78 is 1.54. The molecule has 3 N–H and O–H groups in total. The molecular weight excluding hydrogens is 344 g/mol. The first-order valence-corrected chi connectivity index (χ1v) is 8.28. The number of nitrogens with one attached hydrogen (secondary N) is 3. The number of carbonyl (C=O) groups is 2. The van der Waals surface area contributed by atoms with Crippen LogP contribution in [0.4, 0.5) is 5.69 Å². The van der Waals surface area contributed by atoms with E-state index in [1.807, 2.05) is 13.8 Å². The van der Waals surface area contributed by atoms with Gasteiger partial charge in [0.05, 0.1) is 18.4 Å². The first kappa shape index (κ1) is 18.9. The van der Waals surface area contributed by atoms with E-state index in [0.29, 0.717) is 16.4 Å². The number of hydrogen-bond acceptors (Lipinski definition) is 4. The molecule has 1 atom stereocenters. The summed E-state index contributed by atoms with van der Waals surface area (Å²) in [6.07, 6.45) is 2.94. The van der Waals surface area contributed by atoms with Crippen molar-refractivity contribution in [3.8, 4) is 5.69 Å². The Balaban J connectivity index is 2.01. The van der Waals surface area contributed by atoms with E-state index in [2.05, 4.69) is 20.7 Å². The highest BCUT2D eigenvalue weighted by molar-refractivity contribution is 6.31. The van der Waals surface area contributed by atoms with Crippen LogP contribution in [0.15, 0.2) is 30.9 Å². The SMILES string of the molecule is CC(C)NC(=O)C[NH+](C)CC(=O)Nc1cc(Cl)ccc1-n1cncn1. The zero-order chi connectivity index (χ0) is 18.4. The van der Waals surface area contributed by atoms with Crippen LogP contribution in [0.1, 0.15) is 13.8 Å². The molecule has 25 heavy (non-hydrogen) atoms. The predicted molar refractivity (Wildman–Crippen MR) is 94.9 cm³/mol. The third-order valence-corrected chi connectivity index (χ3v) is 3.51. The van der Waals surface area contributed by atoms with Crippen molar-refractivity contribution >= 4 is 29.1 Å². The van der Waals surface area contributed by atoms with E-state index in [0.717, 1.165) is 4.90 Å². The number of rotatable bonds is 7. The van der Waals surface area contributed by atoms with Crippen LogP contribution in [0.5, 0.6) is 0 Å². The van der Waals surface area contributed by atoms with Crippen molar-refractivity contribution in [2.75, 3.05) is 25.5 Å². The minimum absolute atomic E-state index is 0.0748. The van der Waals surface area contributed by atoms with Crippen molar-refractivity contribution in [3.63, 3.8) is 0 Å². The Hall–Kier alpha value is -2.45. The number of quaternary nitrogens is 1. The predicted octanol–water partition coefficient (Wildman–Crippen LogP) is -0.101. The Bertz CT molecular complexity index is 732. The molecule has 0 aliphatic carbocycles. The van der Waals surface area contributed by atoms with Gasteiger partial charge in [-0.25, -0.2) is 9.67 Å². The molecule has 8 nitrogen and oxygen atoms in total. The molecule has 0 saturated carbocycles. The molecule has 2 amide bonds. The highest BCUT2D eigenvalue weighted by Crippen LogP contribution is 2.23. The summed E-state index contributed by atoms with van der Waals surface area (Å²) in [7, 11) is 1.79. The Labute approximate surface area is 151 Å². The molecule has 0 aliphatic heterocycles. The number of likely N-dealkylation sites (N-methyl/N-ethyl adjacent to an activating group) is 1. The zero-order valence-corrected chi connectivity index (χ0v) is 15.2. The molecular formula is C16H22ClN6O2+. The van der Waals surface area contributed by atoms with Crippen LogP contribution in [0, 0.1) is 0 Å². The van der Waals surface area contributed by atoms with Crippen LogP contribution < -0.4 is 15.5 Å². The molecule has 2 rings (SSSR count). The summed E-state index contributed by atoms with van der Waals surface area (Å²) in [4.78, 5) is 28.7. The molecule has 134 valence electrons. The van der Waals surface area contributed by atoms with Gasteiger partial charge >= 0.3 is 0 Å². The minimum Gasteiger partial charge on any atom is -0.349 e. The van der Waals surface area contributed by atoms with Crippen molar-refractivity contribution in [3.05, 3.63) is 35.9 Å². The lowest BCUT2D eigenvalue weighted by molar-refractivity contribution is -0.862. The van der Waals surface area contributed by atoms with Gasteiger partial charge in [0.1, 0.15) is 12.7 Å². The first-order valence-electron chi connectivity index (χ1n) is 7.90. The van der Waals surface area contributed by atoms with Gasteiger partial charge in [-0.05, 0) is 32.0 Å². The number of carbonyl (C=O) groups excluding carboxylic acids is 2. The summed E-state index contributed by atoms with van der Waals surface area (Å²) in [5.41, 5.74) is 1.19.